The molecular weight excluding hydrogens is 330 g/mol. The van der Waals surface area contributed by atoms with Crippen molar-refractivity contribution in [3.05, 3.63) is 34.4 Å². The SMILES string of the molecule is Cc1ccc(Br)c(NCC(O)COc2cnsn2)c1. The maximum atomic E-state index is 9.82. The minimum Gasteiger partial charge on any atom is -0.473 e. The molecule has 0 saturated heterocycles. The van der Waals surface area contributed by atoms with E-state index in [4.69, 9.17) is 4.74 Å². The number of benzene rings is 1. The first kappa shape index (κ1) is 14.2. The van der Waals surface area contributed by atoms with Crippen LogP contribution in [0.5, 0.6) is 5.88 Å². The van der Waals surface area contributed by atoms with Crippen molar-refractivity contribution in [2.45, 2.75) is 13.0 Å². The van der Waals surface area contributed by atoms with Crippen molar-refractivity contribution < 1.29 is 9.84 Å². The van der Waals surface area contributed by atoms with E-state index in [1.807, 2.05) is 25.1 Å². The predicted molar refractivity (Wildman–Crippen MR) is 78.8 cm³/mol. The van der Waals surface area contributed by atoms with Gasteiger partial charge in [-0.15, -0.1) is 4.37 Å². The quantitative estimate of drug-likeness (QED) is 0.843. The Morgan fingerprint density at radius 2 is 2.37 bits per heavy atom. The predicted octanol–water partition coefficient (Wildman–Crippen LogP) is 2.46. The zero-order valence-electron chi connectivity index (χ0n) is 10.3. The fourth-order valence-electron chi connectivity index (χ4n) is 1.46. The van der Waals surface area contributed by atoms with Crippen molar-refractivity contribution in [1.29, 1.82) is 0 Å². The van der Waals surface area contributed by atoms with Crippen molar-refractivity contribution in [3.8, 4) is 5.88 Å². The first-order valence-corrected chi connectivity index (χ1v) is 7.26. The highest BCUT2D eigenvalue weighted by Crippen LogP contribution is 2.23. The molecule has 1 aromatic carbocycles. The van der Waals surface area contributed by atoms with Gasteiger partial charge in [0.05, 0.1) is 11.7 Å². The lowest BCUT2D eigenvalue weighted by Crippen LogP contribution is -2.26. The van der Waals surface area contributed by atoms with Gasteiger partial charge in [0.25, 0.3) is 0 Å². The third-order valence-electron chi connectivity index (χ3n) is 2.41. The summed E-state index contributed by atoms with van der Waals surface area (Å²) in [7, 11) is 0. The average molecular weight is 344 g/mol. The van der Waals surface area contributed by atoms with E-state index >= 15 is 0 Å². The van der Waals surface area contributed by atoms with Crippen LogP contribution in [0, 0.1) is 6.92 Å². The zero-order chi connectivity index (χ0) is 13.7. The molecule has 0 bridgehead atoms. The summed E-state index contributed by atoms with van der Waals surface area (Å²) in [5.74, 6) is 0.445. The van der Waals surface area contributed by atoms with E-state index in [2.05, 4.69) is 30.0 Å². The number of nitrogens with one attached hydrogen (secondary N) is 1. The van der Waals surface area contributed by atoms with E-state index < -0.39 is 6.10 Å². The van der Waals surface area contributed by atoms with Gasteiger partial charge in [-0.3, -0.25) is 0 Å². The lowest BCUT2D eigenvalue weighted by Gasteiger charge is -2.14. The van der Waals surface area contributed by atoms with Gasteiger partial charge in [0.15, 0.2) is 0 Å². The summed E-state index contributed by atoms with van der Waals surface area (Å²) in [5, 5.41) is 13.0. The maximum Gasteiger partial charge on any atom is 0.245 e. The summed E-state index contributed by atoms with van der Waals surface area (Å²) in [6, 6.07) is 6.01. The Morgan fingerprint density at radius 1 is 1.53 bits per heavy atom. The molecule has 0 radical (unpaired) electrons. The van der Waals surface area contributed by atoms with E-state index in [-0.39, 0.29) is 6.61 Å². The van der Waals surface area contributed by atoms with Crippen molar-refractivity contribution >= 4 is 33.3 Å². The second-order valence-electron chi connectivity index (χ2n) is 4.07. The van der Waals surface area contributed by atoms with Crippen LogP contribution in [0.1, 0.15) is 5.56 Å². The molecule has 0 fully saturated rings. The largest absolute Gasteiger partial charge is 0.473 e. The number of rotatable bonds is 6. The van der Waals surface area contributed by atoms with Crippen molar-refractivity contribution in [1.82, 2.24) is 8.75 Å². The number of aromatic nitrogens is 2. The number of aliphatic hydroxyl groups excluding tert-OH is 1. The zero-order valence-corrected chi connectivity index (χ0v) is 12.7. The van der Waals surface area contributed by atoms with E-state index in [0.717, 1.165) is 27.5 Å². The van der Waals surface area contributed by atoms with Gasteiger partial charge in [0, 0.05) is 16.7 Å². The molecule has 2 N–H and O–H groups in total. The van der Waals surface area contributed by atoms with Crippen molar-refractivity contribution in [2.24, 2.45) is 0 Å². The molecular formula is C12H14BrN3O2S. The molecule has 1 unspecified atom stereocenters. The Bertz CT molecular complexity index is 522. The number of hydrogen-bond donors (Lipinski definition) is 2. The summed E-state index contributed by atoms with van der Waals surface area (Å²) >= 11 is 4.54. The normalized spacial score (nSPS) is 12.2. The molecule has 0 aliphatic carbocycles. The summed E-state index contributed by atoms with van der Waals surface area (Å²) in [5.41, 5.74) is 2.11. The molecule has 1 atom stereocenters. The van der Waals surface area contributed by atoms with Crippen LogP contribution < -0.4 is 10.1 Å². The van der Waals surface area contributed by atoms with Gasteiger partial charge in [-0.1, -0.05) is 6.07 Å². The van der Waals surface area contributed by atoms with Gasteiger partial charge in [0.1, 0.15) is 18.9 Å². The van der Waals surface area contributed by atoms with Crippen LogP contribution in [0.3, 0.4) is 0 Å². The number of anilines is 1. The summed E-state index contributed by atoms with van der Waals surface area (Å²) < 4.78 is 14.0. The molecule has 1 heterocycles. The third kappa shape index (κ3) is 4.45. The second kappa shape index (κ2) is 6.83. The molecule has 0 saturated carbocycles. The highest BCUT2D eigenvalue weighted by atomic mass is 79.9. The van der Waals surface area contributed by atoms with E-state index in [0.29, 0.717) is 12.4 Å². The molecule has 102 valence electrons. The molecule has 2 aromatic rings. The van der Waals surface area contributed by atoms with Crippen molar-refractivity contribution in [3.63, 3.8) is 0 Å². The number of aliphatic hydroxyl groups is 1. The summed E-state index contributed by atoms with van der Waals surface area (Å²) in [4.78, 5) is 0. The number of hydrogen-bond acceptors (Lipinski definition) is 6. The fourth-order valence-corrected chi connectivity index (χ4v) is 2.21. The van der Waals surface area contributed by atoms with Crippen LogP contribution >= 0.6 is 27.7 Å². The lowest BCUT2D eigenvalue weighted by molar-refractivity contribution is 0.115. The van der Waals surface area contributed by atoms with Crippen molar-refractivity contribution in [2.75, 3.05) is 18.5 Å². The van der Waals surface area contributed by atoms with Crippen LogP contribution in [0.25, 0.3) is 0 Å². The average Bonchev–Trinajstić information content (AvgIpc) is 2.90. The molecule has 5 nitrogen and oxygen atoms in total. The van der Waals surface area contributed by atoms with Gasteiger partial charge in [0.2, 0.25) is 5.88 Å². The smallest absolute Gasteiger partial charge is 0.245 e. The molecule has 0 aliphatic rings. The Kier molecular flexibility index (Phi) is 5.12. The third-order valence-corrected chi connectivity index (χ3v) is 3.57. The van der Waals surface area contributed by atoms with Gasteiger partial charge in [-0.2, -0.15) is 4.37 Å². The minimum absolute atomic E-state index is 0.182. The lowest BCUT2D eigenvalue weighted by atomic mass is 10.2. The van der Waals surface area contributed by atoms with Gasteiger partial charge in [-0.25, -0.2) is 0 Å². The monoisotopic (exact) mass is 343 g/mol. The van der Waals surface area contributed by atoms with Crippen LogP contribution in [0.4, 0.5) is 5.69 Å². The Balaban J connectivity index is 1.79. The van der Waals surface area contributed by atoms with Crippen LogP contribution in [-0.4, -0.2) is 33.1 Å². The van der Waals surface area contributed by atoms with Crippen LogP contribution in [0.15, 0.2) is 28.9 Å². The Morgan fingerprint density at radius 3 is 3.11 bits per heavy atom. The molecule has 0 spiro atoms. The summed E-state index contributed by atoms with van der Waals surface area (Å²) in [6.45, 7) is 2.61. The number of ether oxygens (including phenoxy) is 1. The number of aryl methyl sites for hydroxylation is 1. The topological polar surface area (TPSA) is 67.3 Å². The fraction of sp³-hybridized carbons (Fsp3) is 0.333. The molecule has 2 rings (SSSR count). The molecule has 19 heavy (non-hydrogen) atoms. The highest BCUT2D eigenvalue weighted by molar-refractivity contribution is 9.10. The summed E-state index contributed by atoms with van der Waals surface area (Å²) in [6.07, 6.45) is 0.913. The first-order valence-electron chi connectivity index (χ1n) is 5.73. The first-order chi connectivity index (χ1) is 9.15. The molecule has 7 heteroatoms. The van der Waals surface area contributed by atoms with Gasteiger partial charge >= 0.3 is 0 Å². The minimum atomic E-state index is -0.617. The second-order valence-corrected chi connectivity index (χ2v) is 5.49. The molecule has 0 aliphatic heterocycles. The van der Waals surface area contributed by atoms with Gasteiger partial charge in [-0.05, 0) is 40.5 Å². The van der Waals surface area contributed by atoms with E-state index in [9.17, 15) is 5.11 Å². The van der Waals surface area contributed by atoms with Crippen LogP contribution in [-0.2, 0) is 0 Å². The number of halogens is 1. The number of nitrogens with zero attached hydrogens (tertiary/aromatic N) is 2. The Hall–Kier alpha value is -1.18. The van der Waals surface area contributed by atoms with E-state index in [1.54, 1.807) is 0 Å². The van der Waals surface area contributed by atoms with Gasteiger partial charge < -0.3 is 15.2 Å². The Labute approximate surface area is 124 Å². The van der Waals surface area contributed by atoms with E-state index in [1.165, 1.54) is 6.20 Å². The van der Waals surface area contributed by atoms with Crippen LogP contribution in [0.2, 0.25) is 0 Å². The molecule has 1 aromatic heterocycles. The molecule has 0 amide bonds. The standard InChI is InChI=1S/C12H14BrN3O2S/c1-8-2-3-10(13)11(4-8)14-5-9(17)7-18-12-6-15-19-16-12/h2-4,6,9,14,17H,5,7H2,1H3. The maximum absolute atomic E-state index is 9.82. The highest BCUT2D eigenvalue weighted by Gasteiger charge is 2.08.